The van der Waals surface area contributed by atoms with E-state index in [1.54, 1.807) is 0 Å². The third-order valence-electron chi connectivity index (χ3n) is 2.82. The average molecular weight is 235 g/mol. The molecule has 4 nitrogen and oxygen atoms in total. The third kappa shape index (κ3) is 1.76. The van der Waals surface area contributed by atoms with Gasteiger partial charge in [0.25, 0.3) is 0 Å². The molecular formula is C11H13N3OS. The fourth-order valence-corrected chi connectivity index (χ4v) is 2.70. The molecule has 0 amide bonds. The molecule has 0 bridgehead atoms. The number of hydrogen-bond donors (Lipinski definition) is 2. The first-order valence-corrected chi connectivity index (χ1v) is 6.05. The van der Waals surface area contributed by atoms with E-state index in [1.165, 1.54) is 24.7 Å². The van der Waals surface area contributed by atoms with Crippen LogP contribution >= 0.6 is 11.3 Å². The molecule has 0 saturated heterocycles. The van der Waals surface area contributed by atoms with Crippen LogP contribution in [0.3, 0.4) is 0 Å². The predicted molar refractivity (Wildman–Crippen MR) is 64.7 cm³/mol. The molecule has 3 N–H and O–H groups in total. The number of rotatable bonds is 3. The van der Waals surface area contributed by atoms with Gasteiger partial charge in [0.1, 0.15) is 16.6 Å². The van der Waals surface area contributed by atoms with Gasteiger partial charge in [0.15, 0.2) is 5.78 Å². The van der Waals surface area contributed by atoms with Gasteiger partial charge < -0.3 is 11.1 Å². The molecule has 0 aromatic carbocycles. The van der Waals surface area contributed by atoms with Crippen LogP contribution in [0, 0.1) is 11.3 Å². The Morgan fingerprint density at radius 1 is 1.62 bits per heavy atom. The highest BCUT2D eigenvalue weighted by Gasteiger charge is 2.23. The first-order chi connectivity index (χ1) is 7.63. The first-order valence-electron chi connectivity index (χ1n) is 5.23. The van der Waals surface area contributed by atoms with Gasteiger partial charge in [0.2, 0.25) is 0 Å². The zero-order valence-corrected chi connectivity index (χ0v) is 9.86. The van der Waals surface area contributed by atoms with Crippen molar-refractivity contribution >= 4 is 27.8 Å². The van der Waals surface area contributed by atoms with Crippen molar-refractivity contribution in [2.75, 3.05) is 11.1 Å². The van der Waals surface area contributed by atoms with Crippen molar-refractivity contribution in [2.24, 2.45) is 0 Å². The van der Waals surface area contributed by atoms with E-state index < -0.39 is 0 Å². The highest BCUT2D eigenvalue weighted by molar-refractivity contribution is 7.19. The second-order valence-corrected chi connectivity index (χ2v) is 5.01. The number of nitrogens with zero attached hydrogens (tertiary/aromatic N) is 1. The number of anilines is 2. The Kier molecular flexibility index (Phi) is 2.84. The molecule has 1 saturated carbocycles. The maximum atomic E-state index is 11.3. The molecule has 5 heteroatoms. The summed E-state index contributed by atoms with van der Waals surface area (Å²) in [5.41, 5.74) is 6.52. The number of carbonyl (C=O) groups is 1. The van der Waals surface area contributed by atoms with Crippen LogP contribution in [0.1, 0.15) is 41.4 Å². The van der Waals surface area contributed by atoms with Gasteiger partial charge in [-0.05, 0) is 19.3 Å². The highest BCUT2D eigenvalue weighted by Crippen LogP contribution is 2.37. The molecule has 0 spiro atoms. The molecule has 1 heterocycles. The van der Waals surface area contributed by atoms with E-state index in [0.29, 0.717) is 22.2 Å². The summed E-state index contributed by atoms with van der Waals surface area (Å²) in [6.07, 6.45) is 3.47. The predicted octanol–water partition coefficient (Wildman–Crippen LogP) is 2.37. The van der Waals surface area contributed by atoms with Crippen molar-refractivity contribution in [3.63, 3.8) is 0 Å². The molecule has 16 heavy (non-hydrogen) atoms. The fourth-order valence-electron chi connectivity index (χ4n) is 1.66. The Morgan fingerprint density at radius 2 is 2.31 bits per heavy atom. The van der Waals surface area contributed by atoms with E-state index in [1.807, 2.05) is 0 Å². The Labute approximate surface area is 98.1 Å². The van der Waals surface area contributed by atoms with Crippen LogP contribution < -0.4 is 11.1 Å². The molecule has 84 valence electrons. The SMILES string of the molecule is CC(=O)c1sc(NC2CCC2)c(C#N)c1N. The number of nitrogen functional groups attached to an aromatic ring is 1. The second kappa shape index (κ2) is 4.14. The van der Waals surface area contributed by atoms with Crippen LogP contribution in [0.5, 0.6) is 0 Å². The minimum absolute atomic E-state index is 0.0827. The number of carbonyl (C=O) groups excluding carboxylic acids is 1. The van der Waals surface area contributed by atoms with Gasteiger partial charge in [0.05, 0.1) is 10.6 Å². The molecule has 0 atom stereocenters. The number of nitriles is 1. The van der Waals surface area contributed by atoms with E-state index in [4.69, 9.17) is 11.0 Å². The Balaban J connectivity index is 2.32. The summed E-state index contributed by atoms with van der Waals surface area (Å²) >= 11 is 1.29. The lowest BCUT2D eigenvalue weighted by molar-refractivity contribution is 0.102. The third-order valence-corrected chi connectivity index (χ3v) is 4.05. The van der Waals surface area contributed by atoms with Crippen molar-refractivity contribution < 1.29 is 4.79 Å². The van der Waals surface area contributed by atoms with Gasteiger partial charge in [0, 0.05) is 13.0 Å². The molecule has 0 aliphatic heterocycles. The second-order valence-electron chi connectivity index (χ2n) is 3.99. The summed E-state index contributed by atoms with van der Waals surface area (Å²) in [6.45, 7) is 1.47. The molecule has 1 aromatic rings. The van der Waals surface area contributed by atoms with Gasteiger partial charge >= 0.3 is 0 Å². The Morgan fingerprint density at radius 3 is 2.75 bits per heavy atom. The van der Waals surface area contributed by atoms with Crippen LogP contribution in [0.15, 0.2) is 0 Å². The van der Waals surface area contributed by atoms with Gasteiger partial charge in [-0.25, -0.2) is 0 Å². The minimum Gasteiger partial charge on any atom is -0.396 e. The summed E-state index contributed by atoms with van der Waals surface area (Å²) < 4.78 is 0. The normalized spacial score (nSPS) is 15.2. The summed E-state index contributed by atoms with van der Waals surface area (Å²) in [6, 6.07) is 2.50. The summed E-state index contributed by atoms with van der Waals surface area (Å²) in [7, 11) is 0. The fraction of sp³-hybridized carbons (Fsp3) is 0.455. The van der Waals surface area contributed by atoms with E-state index >= 15 is 0 Å². The molecule has 1 aromatic heterocycles. The average Bonchev–Trinajstić information content (AvgIpc) is 2.48. The van der Waals surface area contributed by atoms with Crippen LogP contribution in [0.2, 0.25) is 0 Å². The van der Waals surface area contributed by atoms with Crippen LogP contribution in [-0.4, -0.2) is 11.8 Å². The smallest absolute Gasteiger partial charge is 0.171 e. The van der Waals surface area contributed by atoms with Crippen molar-refractivity contribution in [1.29, 1.82) is 5.26 Å². The van der Waals surface area contributed by atoms with Crippen LogP contribution in [0.4, 0.5) is 10.7 Å². The molecule has 1 fully saturated rings. The van der Waals surface area contributed by atoms with Crippen molar-refractivity contribution in [3.05, 3.63) is 10.4 Å². The zero-order chi connectivity index (χ0) is 11.7. The van der Waals surface area contributed by atoms with Crippen LogP contribution in [-0.2, 0) is 0 Å². The molecule has 1 aliphatic carbocycles. The highest BCUT2D eigenvalue weighted by atomic mass is 32.1. The molecule has 0 radical (unpaired) electrons. The Hall–Kier alpha value is -1.54. The lowest BCUT2D eigenvalue weighted by atomic mass is 9.93. The van der Waals surface area contributed by atoms with E-state index in [-0.39, 0.29) is 5.78 Å². The zero-order valence-electron chi connectivity index (χ0n) is 9.04. The number of hydrogen-bond acceptors (Lipinski definition) is 5. The summed E-state index contributed by atoms with van der Waals surface area (Å²) in [5, 5.41) is 13.0. The first kappa shape index (κ1) is 11.0. The monoisotopic (exact) mass is 235 g/mol. The molecular weight excluding hydrogens is 222 g/mol. The number of ketones is 1. The largest absolute Gasteiger partial charge is 0.396 e. The van der Waals surface area contributed by atoms with Gasteiger partial charge in [-0.3, -0.25) is 4.79 Å². The van der Waals surface area contributed by atoms with Crippen LogP contribution in [0.25, 0.3) is 0 Å². The number of nitrogens with two attached hydrogens (primary N) is 1. The van der Waals surface area contributed by atoms with Crippen molar-refractivity contribution in [1.82, 2.24) is 0 Å². The van der Waals surface area contributed by atoms with Gasteiger partial charge in [-0.15, -0.1) is 11.3 Å². The maximum absolute atomic E-state index is 11.3. The van der Waals surface area contributed by atoms with Crippen molar-refractivity contribution in [2.45, 2.75) is 32.2 Å². The van der Waals surface area contributed by atoms with Gasteiger partial charge in [-0.1, -0.05) is 0 Å². The Bertz CT molecular complexity index is 468. The lowest BCUT2D eigenvalue weighted by Gasteiger charge is -2.26. The molecule has 2 rings (SSSR count). The number of thiophene rings is 1. The van der Waals surface area contributed by atoms with Gasteiger partial charge in [-0.2, -0.15) is 5.26 Å². The van der Waals surface area contributed by atoms with E-state index in [2.05, 4.69) is 11.4 Å². The summed E-state index contributed by atoms with van der Waals surface area (Å²) in [4.78, 5) is 11.8. The molecule has 1 aliphatic rings. The van der Waals surface area contributed by atoms with Crippen molar-refractivity contribution in [3.8, 4) is 6.07 Å². The number of nitrogens with one attached hydrogen (secondary N) is 1. The minimum atomic E-state index is -0.0827. The number of Topliss-reactive ketones (excluding diaryl/α,β-unsaturated/α-hetero) is 1. The topological polar surface area (TPSA) is 78.9 Å². The quantitative estimate of drug-likeness (QED) is 0.788. The molecule has 0 unspecified atom stereocenters. The van der Waals surface area contributed by atoms with E-state index in [0.717, 1.165) is 17.8 Å². The maximum Gasteiger partial charge on any atom is 0.171 e. The standard InChI is InChI=1S/C11H13N3OS/c1-6(15)10-9(13)8(5-12)11(16-10)14-7-3-2-4-7/h7,14H,2-4,13H2,1H3. The summed E-state index contributed by atoms with van der Waals surface area (Å²) in [5.74, 6) is -0.0827. The lowest BCUT2D eigenvalue weighted by Crippen LogP contribution is -2.26. The van der Waals surface area contributed by atoms with E-state index in [9.17, 15) is 4.79 Å².